The summed E-state index contributed by atoms with van der Waals surface area (Å²) in [6.07, 6.45) is 1.36. The number of rotatable bonds is 4. The van der Waals surface area contributed by atoms with Gasteiger partial charge in [-0.25, -0.2) is 0 Å². The molecule has 2 aromatic carbocycles. The molecule has 1 aliphatic heterocycles. The van der Waals surface area contributed by atoms with Crippen LogP contribution in [-0.4, -0.2) is 34.7 Å². The van der Waals surface area contributed by atoms with Gasteiger partial charge in [0.2, 0.25) is 5.91 Å². The van der Waals surface area contributed by atoms with Gasteiger partial charge in [0.05, 0.1) is 10.8 Å². The maximum Gasteiger partial charge on any atom is 0.282 e. The van der Waals surface area contributed by atoms with E-state index in [1.54, 1.807) is 18.2 Å². The van der Waals surface area contributed by atoms with E-state index in [4.69, 9.17) is 0 Å². The lowest BCUT2D eigenvalue weighted by atomic mass is 9.96. The standard InChI is InChI=1S/C19H19N3O4/c23-18(20-15-8-2-1-3-9-15)14-7-6-12-21(13-14)19(24)16-10-4-5-11-17(16)22(25)26/h1-5,8-11,14H,6-7,12-13H2,(H,20,23). The van der Waals surface area contributed by atoms with Crippen LogP contribution in [-0.2, 0) is 4.79 Å². The average Bonchev–Trinajstić information content (AvgIpc) is 2.68. The van der Waals surface area contributed by atoms with E-state index in [9.17, 15) is 19.7 Å². The number of para-hydroxylation sites is 2. The van der Waals surface area contributed by atoms with Crippen LogP contribution in [0.2, 0.25) is 0 Å². The Balaban J connectivity index is 1.71. The second-order valence-electron chi connectivity index (χ2n) is 6.22. The predicted molar refractivity (Wildman–Crippen MR) is 96.8 cm³/mol. The monoisotopic (exact) mass is 353 g/mol. The van der Waals surface area contributed by atoms with Crippen LogP contribution in [0, 0.1) is 16.0 Å². The maximum absolute atomic E-state index is 12.7. The molecule has 1 saturated heterocycles. The van der Waals surface area contributed by atoms with Crippen molar-refractivity contribution in [3.05, 3.63) is 70.3 Å². The fourth-order valence-electron chi connectivity index (χ4n) is 3.13. The van der Waals surface area contributed by atoms with Gasteiger partial charge in [-0.1, -0.05) is 30.3 Å². The van der Waals surface area contributed by atoms with Crippen molar-refractivity contribution in [2.75, 3.05) is 18.4 Å². The van der Waals surface area contributed by atoms with E-state index in [1.807, 2.05) is 18.2 Å². The minimum Gasteiger partial charge on any atom is -0.338 e. The number of nitrogens with one attached hydrogen (secondary N) is 1. The summed E-state index contributed by atoms with van der Waals surface area (Å²) in [6.45, 7) is 0.740. The van der Waals surface area contributed by atoms with E-state index in [1.165, 1.54) is 23.1 Å². The van der Waals surface area contributed by atoms with Gasteiger partial charge in [-0.2, -0.15) is 0 Å². The van der Waals surface area contributed by atoms with Crippen LogP contribution in [0.5, 0.6) is 0 Å². The summed E-state index contributed by atoms with van der Waals surface area (Å²) in [5, 5.41) is 14.0. The molecule has 0 radical (unpaired) electrons. The Labute approximate surface area is 150 Å². The zero-order valence-corrected chi connectivity index (χ0v) is 14.1. The van der Waals surface area contributed by atoms with E-state index in [0.29, 0.717) is 25.1 Å². The topological polar surface area (TPSA) is 92.6 Å². The second kappa shape index (κ2) is 7.77. The van der Waals surface area contributed by atoms with Crippen LogP contribution in [0.4, 0.5) is 11.4 Å². The number of hydrogen-bond acceptors (Lipinski definition) is 4. The Morgan fingerprint density at radius 2 is 1.77 bits per heavy atom. The van der Waals surface area contributed by atoms with Crippen LogP contribution >= 0.6 is 0 Å². The van der Waals surface area contributed by atoms with Gasteiger partial charge in [0, 0.05) is 24.8 Å². The molecule has 134 valence electrons. The number of anilines is 1. The van der Waals surface area contributed by atoms with Gasteiger partial charge < -0.3 is 10.2 Å². The lowest BCUT2D eigenvalue weighted by Crippen LogP contribution is -2.43. The molecule has 1 aliphatic rings. The molecular formula is C19H19N3O4. The number of likely N-dealkylation sites (tertiary alicyclic amines) is 1. The molecule has 0 bridgehead atoms. The van der Waals surface area contributed by atoms with Crippen molar-refractivity contribution in [1.82, 2.24) is 4.90 Å². The molecule has 0 spiro atoms. The Kier molecular flexibility index (Phi) is 5.26. The summed E-state index contributed by atoms with van der Waals surface area (Å²) in [5.41, 5.74) is 0.551. The molecule has 1 N–H and O–H groups in total. The number of nitro benzene ring substituents is 1. The van der Waals surface area contributed by atoms with Crippen molar-refractivity contribution in [3.8, 4) is 0 Å². The number of piperidine rings is 1. The molecule has 3 rings (SSSR count). The fraction of sp³-hybridized carbons (Fsp3) is 0.263. The van der Waals surface area contributed by atoms with Crippen LogP contribution in [0.3, 0.4) is 0 Å². The molecule has 7 nitrogen and oxygen atoms in total. The first-order valence-electron chi connectivity index (χ1n) is 8.45. The molecule has 2 aromatic rings. The van der Waals surface area contributed by atoms with Crippen LogP contribution in [0.15, 0.2) is 54.6 Å². The van der Waals surface area contributed by atoms with Gasteiger partial charge in [0.25, 0.3) is 11.6 Å². The average molecular weight is 353 g/mol. The number of carbonyl (C=O) groups excluding carboxylic acids is 2. The van der Waals surface area contributed by atoms with Crippen molar-refractivity contribution in [3.63, 3.8) is 0 Å². The smallest absolute Gasteiger partial charge is 0.282 e. The third kappa shape index (κ3) is 3.88. The number of amides is 2. The molecule has 7 heteroatoms. The fourth-order valence-corrected chi connectivity index (χ4v) is 3.13. The largest absolute Gasteiger partial charge is 0.338 e. The molecule has 0 aliphatic carbocycles. The number of nitro groups is 1. The molecule has 1 fully saturated rings. The molecule has 2 amide bonds. The van der Waals surface area contributed by atoms with Gasteiger partial charge in [-0.15, -0.1) is 0 Å². The van der Waals surface area contributed by atoms with Gasteiger partial charge in [-0.05, 0) is 31.0 Å². The van der Waals surface area contributed by atoms with Gasteiger partial charge >= 0.3 is 0 Å². The van der Waals surface area contributed by atoms with Crippen molar-refractivity contribution < 1.29 is 14.5 Å². The lowest BCUT2D eigenvalue weighted by molar-refractivity contribution is -0.385. The number of carbonyl (C=O) groups is 2. The maximum atomic E-state index is 12.7. The molecule has 1 unspecified atom stereocenters. The summed E-state index contributed by atoms with van der Waals surface area (Å²) in [5.74, 6) is -0.888. The third-order valence-corrected chi connectivity index (χ3v) is 4.45. The summed E-state index contributed by atoms with van der Waals surface area (Å²) in [7, 11) is 0. The highest BCUT2D eigenvalue weighted by atomic mass is 16.6. The Hall–Kier alpha value is -3.22. The highest BCUT2D eigenvalue weighted by Crippen LogP contribution is 2.24. The number of nitrogens with zero attached hydrogens (tertiary/aromatic N) is 2. The lowest BCUT2D eigenvalue weighted by Gasteiger charge is -2.32. The Morgan fingerprint density at radius 3 is 2.50 bits per heavy atom. The van der Waals surface area contributed by atoms with Crippen LogP contribution in [0.25, 0.3) is 0 Å². The normalized spacial score (nSPS) is 16.8. The van der Waals surface area contributed by atoms with Crippen molar-refractivity contribution >= 4 is 23.2 Å². The van der Waals surface area contributed by atoms with E-state index in [-0.39, 0.29) is 29.6 Å². The second-order valence-corrected chi connectivity index (χ2v) is 6.22. The summed E-state index contributed by atoms with van der Waals surface area (Å²) in [6, 6.07) is 15.0. The Bertz CT molecular complexity index is 823. The highest BCUT2D eigenvalue weighted by Gasteiger charge is 2.31. The van der Waals surface area contributed by atoms with Crippen molar-refractivity contribution in [1.29, 1.82) is 0 Å². The van der Waals surface area contributed by atoms with Crippen molar-refractivity contribution in [2.24, 2.45) is 5.92 Å². The summed E-state index contributed by atoms with van der Waals surface area (Å²) >= 11 is 0. The first-order valence-corrected chi connectivity index (χ1v) is 8.45. The molecule has 26 heavy (non-hydrogen) atoms. The quantitative estimate of drug-likeness (QED) is 0.675. The third-order valence-electron chi connectivity index (χ3n) is 4.45. The molecule has 0 saturated carbocycles. The summed E-state index contributed by atoms with van der Waals surface area (Å²) < 4.78 is 0. The predicted octanol–water partition coefficient (Wildman–Crippen LogP) is 3.09. The van der Waals surface area contributed by atoms with E-state index in [0.717, 1.165) is 0 Å². The van der Waals surface area contributed by atoms with Gasteiger partial charge in [-0.3, -0.25) is 19.7 Å². The van der Waals surface area contributed by atoms with E-state index < -0.39 is 10.8 Å². The first-order chi connectivity index (χ1) is 12.6. The number of hydrogen-bond donors (Lipinski definition) is 1. The number of benzene rings is 2. The highest BCUT2D eigenvalue weighted by molar-refractivity contribution is 5.99. The van der Waals surface area contributed by atoms with Crippen molar-refractivity contribution in [2.45, 2.75) is 12.8 Å². The molecule has 1 heterocycles. The minimum absolute atomic E-state index is 0.0571. The SMILES string of the molecule is O=C(Nc1ccccc1)C1CCCN(C(=O)c2ccccc2[N+](=O)[O-])C1. The van der Waals surface area contributed by atoms with Gasteiger partial charge in [0.1, 0.15) is 5.56 Å². The summed E-state index contributed by atoms with van der Waals surface area (Å²) in [4.78, 5) is 37.4. The first kappa shape index (κ1) is 17.6. The van der Waals surface area contributed by atoms with E-state index >= 15 is 0 Å². The van der Waals surface area contributed by atoms with Gasteiger partial charge in [0.15, 0.2) is 0 Å². The van der Waals surface area contributed by atoms with E-state index in [2.05, 4.69) is 5.32 Å². The van der Waals surface area contributed by atoms with Crippen LogP contribution in [0.1, 0.15) is 23.2 Å². The Morgan fingerprint density at radius 1 is 1.08 bits per heavy atom. The minimum atomic E-state index is -0.559. The van der Waals surface area contributed by atoms with Crippen LogP contribution < -0.4 is 5.32 Å². The molecule has 1 atom stereocenters. The molecular weight excluding hydrogens is 334 g/mol. The zero-order chi connectivity index (χ0) is 18.5. The zero-order valence-electron chi connectivity index (χ0n) is 14.1. The molecule has 0 aromatic heterocycles.